The van der Waals surface area contributed by atoms with E-state index in [2.05, 4.69) is 10.0 Å². The quantitative estimate of drug-likeness (QED) is 0.196. The molecule has 0 fully saturated rings. The number of esters is 1. The predicted molar refractivity (Wildman–Crippen MR) is 141 cm³/mol. The van der Waals surface area contributed by atoms with Crippen molar-refractivity contribution < 1.29 is 22.7 Å². The van der Waals surface area contributed by atoms with Gasteiger partial charge in [-0.05, 0) is 43.2 Å². The van der Waals surface area contributed by atoms with Crippen LogP contribution in [0.2, 0.25) is 0 Å². The smallest absolute Gasteiger partial charge is 0.328 e. The molecule has 4 N–H and O–H groups in total. The molecule has 0 heterocycles. The van der Waals surface area contributed by atoms with Gasteiger partial charge in [0.05, 0.1) is 28.1 Å². The molecule has 0 aliphatic heterocycles. The van der Waals surface area contributed by atoms with Crippen LogP contribution in [0.3, 0.4) is 0 Å². The van der Waals surface area contributed by atoms with Gasteiger partial charge >= 0.3 is 5.97 Å². The third-order valence-electron chi connectivity index (χ3n) is 4.79. The number of ether oxygens (including phenoxy) is 1. The number of sulfonamides is 1. The average molecular weight is 537 g/mol. The summed E-state index contributed by atoms with van der Waals surface area (Å²) in [4.78, 5) is 24.9. The van der Waals surface area contributed by atoms with E-state index >= 15 is 0 Å². The van der Waals surface area contributed by atoms with Crippen molar-refractivity contribution in [3.8, 4) is 0 Å². The molecular weight excluding hydrogens is 508 g/mol. The highest BCUT2D eigenvalue weighted by molar-refractivity contribution is 8.14. The summed E-state index contributed by atoms with van der Waals surface area (Å²) >= 11 is 2.52. The predicted octanol–water partition coefficient (Wildman–Crippen LogP) is 2.63. The molecule has 1 atom stereocenters. The van der Waals surface area contributed by atoms with E-state index in [1.54, 1.807) is 43.7 Å². The summed E-state index contributed by atoms with van der Waals surface area (Å²) in [5.74, 6) is -1.33. The van der Waals surface area contributed by atoms with E-state index in [4.69, 9.17) is 15.6 Å². The van der Waals surface area contributed by atoms with E-state index in [0.29, 0.717) is 21.2 Å². The summed E-state index contributed by atoms with van der Waals surface area (Å²) in [6.45, 7) is 1.20. The fraction of sp³-hybridized carbons (Fsp3) is 0.304. The van der Waals surface area contributed by atoms with Crippen molar-refractivity contribution in [2.75, 3.05) is 25.7 Å². The normalized spacial score (nSPS) is 12.0. The summed E-state index contributed by atoms with van der Waals surface area (Å²) in [6.07, 6.45) is 3.67. The Labute approximate surface area is 213 Å². The Morgan fingerprint density at radius 2 is 1.63 bits per heavy atom. The maximum Gasteiger partial charge on any atom is 0.328 e. The zero-order chi connectivity index (χ0) is 26.0. The summed E-state index contributed by atoms with van der Waals surface area (Å²) < 4.78 is 32.4. The molecule has 2 rings (SSSR count). The molecular formula is C23H28N4O5S3. The third-order valence-corrected chi connectivity index (χ3v) is 7.50. The zero-order valence-electron chi connectivity index (χ0n) is 19.6. The molecule has 0 radical (unpaired) electrons. The van der Waals surface area contributed by atoms with Crippen molar-refractivity contribution in [3.63, 3.8) is 0 Å². The van der Waals surface area contributed by atoms with E-state index < -0.39 is 34.5 Å². The van der Waals surface area contributed by atoms with Gasteiger partial charge in [-0.1, -0.05) is 30.3 Å². The largest absolute Gasteiger partial charge is 0.464 e. The molecule has 0 spiro atoms. The lowest BCUT2D eigenvalue weighted by molar-refractivity contribution is -0.147. The molecule has 0 bridgehead atoms. The van der Waals surface area contributed by atoms with Crippen LogP contribution in [0.15, 0.2) is 53.4 Å². The summed E-state index contributed by atoms with van der Waals surface area (Å²) in [5, 5.41) is 19.0. The molecule has 1 unspecified atom stereocenters. The molecule has 0 aliphatic rings. The molecule has 0 saturated carbocycles. The zero-order valence-corrected chi connectivity index (χ0v) is 22.0. The van der Waals surface area contributed by atoms with Crippen LogP contribution in [0, 0.1) is 10.8 Å². The second-order valence-electron chi connectivity index (χ2n) is 7.19. The number of thioether (sulfide) groups is 2. The second kappa shape index (κ2) is 13.4. The molecule has 2 aromatic rings. The van der Waals surface area contributed by atoms with Crippen LogP contribution < -0.4 is 10.0 Å². The lowest BCUT2D eigenvalue weighted by Gasteiger charge is -2.18. The van der Waals surface area contributed by atoms with Crippen molar-refractivity contribution in [3.05, 3.63) is 65.2 Å². The lowest BCUT2D eigenvalue weighted by atomic mass is 10.0. The first-order valence-electron chi connectivity index (χ1n) is 10.5. The number of hydrogen-bond donors (Lipinski definition) is 4. The van der Waals surface area contributed by atoms with E-state index in [9.17, 15) is 18.0 Å². The van der Waals surface area contributed by atoms with Crippen molar-refractivity contribution in [2.45, 2.75) is 24.3 Å². The van der Waals surface area contributed by atoms with E-state index in [1.165, 1.54) is 47.8 Å². The Balaban J connectivity index is 2.08. The van der Waals surface area contributed by atoms with Crippen LogP contribution in [-0.4, -0.2) is 62.1 Å². The molecule has 12 heteroatoms. The van der Waals surface area contributed by atoms with Gasteiger partial charge in [0.15, 0.2) is 0 Å². The highest BCUT2D eigenvalue weighted by Gasteiger charge is 2.24. The molecule has 2 aromatic carbocycles. The fourth-order valence-corrected chi connectivity index (χ4v) is 4.74. The van der Waals surface area contributed by atoms with Crippen molar-refractivity contribution in [2.24, 2.45) is 0 Å². The molecule has 0 aliphatic carbocycles. The second-order valence-corrected chi connectivity index (χ2v) is 10.6. The Morgan fingerprint density at radius 3 is 2.23 bits per heavy atom. The number of rotatable bonds is 11. The maximum absolute atomic E-state index is 12.6. The number of hydrogen-bond acceptors (Lipinski definition) is 9. The first-order chi connectivity index (χ1) is 16.6. The number of carbonyl (C=O) groups is 2. The van der Waals surface area contributed by atoms with Crippen LogP contribution in [0.4, 0.5) is 0 Å². The molecule has 1 amide bonds. The van der Waals surface area contributed by atoms with E-state index in [1.807, 2.05) is 0 Å². The van der Waals surface area contributed by atoms with Crippen molar-refractivity contribution in [1.82, 2.24) is 10.0 Å². The van der Waals surface area contributed by atoms with Crippen LogP contribution in [0.5, 0.6) is 0 Å². The van der Waals surface area contributed by atoms with Crippen LogP contribution in [-0.2, 0) is 30.8 Å². The van der Waals surface area contributed by atoms with Gasteiger partial charge in [-0.3, -0.25) is 15.6 Å². The van der Waals surface area contributed by atoms with Crippen molar-refractivity contribution in [1.29, 1.82) is 10.8 Å². The summed E-state index contributed by atoms with van der Waals surface area (Å²) in [5.41, 5.74) is 2.00. The highest BCUT2D eigenvalue weighted by atomic mass is 32.2. The first-order valence-corrected chi connectivity index (χ1v) is 14.4. The minimum Gasteiger partial charge on any atom is -0.464 e. The average Bonchev–Trinajstić information content (AvgIpc) is 2.86. The van der Waals surface area contributed by atoms with Gasteiger partial charge in [0, 0.05) is 17.5 Å². The Bertz CT molecular complexity index is 1180. The fourth-order valence-electron chi connectivity index (χ4n) is 3.02. The van der Waals surface area contributed by atoms with Gasteiger partial charge in [0.1, 0.15) is 6.04 Å². The minimum absolute atomic E-state index is 0.0436. The van der Waals surface area contributed by atoms with Gasteiger partial charge in [0.25, 0.3) is 0 Å². The van der Waals surface area contributed by atoms with Crippen LogP contribution >= 0.6 is 23.5 Å². The number of carbonyl (C=O) groups excluding carboxylic acids is 2. The monoisotopic (exact) mass is 536 g/mol. The summed E-state index contributed by atoms with van der Waals surface area (Å²) in [7, 11) is -3.98. The molecule has 35 heavy (non-hydrogen) atoms. The van der Waals surface area contributed by atoms with Crippen molar-refractivity contribution >= 4 is 55.5 Å². The van der Waals surface area contributed by atoms with Gasteiger partial charge in [-0.15, -0.1) is 23.5 Å². The third kappa shape index (κ3) is 8.49. The molecule has 188 valence electrons. The number of nitrogens with one attached hydrogen (secondary N) is 4. The number of benzene rings is 2. The van der Waals surface area contributed by atoms with Gasteiger partial charge in [0.2, 0.25) is 15.9 Å². The standard InChI is InChI=1S/C23H28N4O5S3/c1-4-32-23(29)19(13-15-6-5-7-17(12-15)22(25)34-3)27-20(28)14-26-35(30,31)18-10-8-16(9-11-18)21(24)33-2/h5-12,19,24-26H,4,13-14H2,1-3H3,(H,27,28). The maximum atomic E-state index is 12.6. The number of amides is 1. The molecule has 0 saturated heterocycles. The molecule has 0 aromatic heterocycles. The van der Waals surface area contributed by atoms with Crippen LogP contribution in [0.1, 0.15) is 23.6 Å². The van der Waals surface area contributed by atoms with Gasteiger partial charge < -0.3 is 10.1 Å². The lowest BCUT2D eigenvalue weighted by Crippen LogP contribution is -2.47. The minimum atomic E-state index is -3.98. The first kappa shape index (κ1) is 28.6. The van der Waals surface area contributed by atoms with Gasteiger partial charge in [-0.25, -0.2) is 17.9 Å². The SMILES string of the molecule is CCOC(=O)C(Cc1cccc(C(=N)SC)c1)NC(=O)CNS(=O)(=O)c1ccc(C(=N)SC)cc1. The Morgan fingerprint density at radius 1 is 1.00 bits per heavy atom. The highest BCUT2D eigenvalue weighted by Crippen LogP contribution is 2.15. The Kier molecular flexibility index (Phi) is 11.0. The van der Waals surface area contributed by atoms with Crippen LogP contribution in [0.25, 0.3) is 0 Å². The van der Waals surface area contributed by atoms with E-state index in [0.717, 1.165) is 5.56 Å². The summed E-state index contributed by atoms with van der Waals surface area (Å²) in [6, 6.07) is 11.8. The van der Waals surface area contributed by atoms with Gasteiger partial charge in [-0.2, -0.15) is 0 Å². The molecule has 9 nitrogen and oxygen atoms in total. The topological polar surface area (TPSA) is 149 Å². The van der Waals surface area contributed by atoms with E-state index in [-0.39, 0.29) is 17.9 Å². The Hall–Kier alpha value is -2.67.